The van der Waals surface area contributed by atoms with Gasteiger partial charge in [0.25, 0.3) is 0 Å². The number of carbonyl (C=O) groups excluding carboxylic acids is 1. The minimum absolute atomic E-state index is 0.0999. The van der Waals surface area contributed by atoms with E-state index in [-0.39, 0.29) is 11.7 Å². The van der Waals surface area contributed by atoms with Crippen LogP contribution in [-0.4, -0.2) is 53.9 Å². The Balaban J connectivity index is 1.33. The molecule has 164 valence electrons. The van der Waals surface area contributed by atoms with E-state index >= 15 is 0 Å². The molecule has 0 N–H and O–H groups in total. The third-order valence-corrected chi connectivity index (χ3v) is 6.53. The predicted octanol–water partition coefficient (Wildman–Crippen LogP) is 5.07. The third-order valence-electron chi connectivity index (χ3n) is 5.17. The van der Waals surface area contributed by atoms with E-state index in [0.29, 0.717) is 24.0 Å². The smallest absolute Gasteiger partial charge is 0.233 e. The van der Waals surface area contributed by atoms with Crippen LogP contribution in [0.4, 0.5) is 15.8 Å². The van der Waals surface area contributed by atoms with Crippen LogP contribution in [0.5, 0.6) is 0 Å². The van der Waals surface area contributed by atoms with Crippen molar-refractivity contribution in [1.29, 1.82) is 0 Å². The number of piperazine rings is 1. The summed E-state index contributed by atoms with van der Waals surface area (Å²) in [5.74, 6) is 0.201. The second kappa shape index (κ2) is 10.6. The van der Waals surface area contributed by atoms with Gasteiger partial charge < -0.3 is 9.80 Å². The van der Waals surface area contributed by atoms with Gasteiger partial charge in [-0.1, -0.05) is 23.7 Å². The van der Waals surface area contributed by atoms with Gasteiger partial charge in [-0.2, -0.15) is 0 Å². The quantitative estimate of drug-likeness (QED) is 0.288. The molecule has 0 saturated carbocycles. The van der Waals surface area contributed by atoms with Crippen molar-refractivity contribution in [3.63, 3.8) is 0 Å². The van der Waals surface area contributed by atoms with Crippen molar-refractivity contribution >= 4 is 46.9 Å². The van der Waals surface area contributed by atoms with Gasteiger partial charge in [-0.05, 0) is 48.5 Å². The molecule has 2 heterocycles. The van der Waals surface area contributed by atoms with E-state index < -0.39 is 0 Å². The van der Waals surface area contributed by atoms with Gasteiger partial charge in [-0.25, -0.2) is 9.37 Å². The maximum absolute atomic E-state index is 13.1. The van der Waals surface area contributed by atoms with Crippen molar-refractivity contribution in [2.75, 3.05) is 36.8 Å². The van der Waals surface area contributed by atoms with Gasteiger partial charge >= 0.3 is 0 Å². The Morgan fingerprint density at radius 1 is 1.06 bits per heavy atom. The number of carbonyl (C=O) groups is 1. The highest BCUT2D eigenvalue weighted by atomic mass is 35.5. The number of nitrogens with zero attached hydrogens (tertiary/aromatic N) is 4. The molecule has 1 aliphatic heterocycles. The van der Waals surface area contributed by atoms with E-state index in [4.69, 9.17) is 11.6 Å². The van der Waals surface area contributed by atoms with Gasteiger partial charge in [0.05, 0.1) is 11.4 Å². The summed E-state index contributed by atoms with van der Waals surface area (Å²) in [6.45, 7) is 2.76. The molecule has 3 aromatic rings. The molecule has 0 spiro atoms. The lowest BCUT2D eigenvalue weighted by atomic mass is 10.2. The molecule has 0 unspecified atom stereocenters. The normalized spacial score (nSPS) is 14.2. The number of benzene rings is 2. The summed E-state index contributed by atoms with van der Waals surface area (Å²) in [5.41, 5.74) is 2.50. The van der Waals surface area contributed by atoms with Crippen LogP contribution >= 0.6 is 23.4 Å². The van der Waals surface area contributed by atoms with Crippen LogP contribution in [0.25, 0.3) is 0 Å². The van der Waals surface area contributed by atoms with E-state index in [1.807, 2.05) is 41.3 Å². The number of aliphatic imine (C=N–C) groups is 1. The van der Waals surface area contributed by atoms with Crippen molar-refractivity contribution in [1.82, 2.24) is 9.88 Å². The Kier molecular flexibility index (Phi) is 7.39. The van der Waals surface area contributed by atoms with Crippen molar-refractivity contribution in [3.05, 3.63) is 83.4 Å². The maximum Gasteiger partial charge on any atom is 0.233 e. The van der Waals surface area contributed by atoms with Gasteiger partial charge in [-0.15, -0.1) is 11.8 Å². The average molecular weight is 469 g/mol. The molecule has 1 aliphatic rings. The molecule has 1 saturated heterocycles. The van der Waals surface area contributed by atoms with Crippen molar-refractivity contribution in [2.24, 2.45) is 4.99 Å². The number of anilines is 1. The number of halogens is 2. The van der Waals surface area contributed by atoms with Crippen LogP contribution in [0.1, 0.15) is 5.56 Å². The van der Waals surface area contributed by atoms with Gasteiger partial charge in [0.1, 0.15) is 11.0 Å². The molecule has 1 aromatic heterocycles. The Hall–Kier alpha value is -2.90. The summed E-state index contributed by atoms with van der Waals surface area (Å²) in [6.07, 6.45) is 3.32. The van der Waals surface area contributed by atoms with Crippen LogP contribution in [-0.2, 0) is 4.79 Å². The van der Waals surface area contributed by atoms with E-state index in [2.05, 4.69) is 14.9 Å². The topological polar surface area (TPSA) is 48.8 Å². The molecule has 0 radical (unpaired) electrons. The van der Waals surface area contributed by atoms with Gasteiger partial charge in [0.2, 0.25) is 5.91 Å². The largest absolute Gasteiger partial charge is 0.368 e. The van der Waals surface area contributed by atoms with E-state index in [9.17, 15) is 9.18 Å². The number of rotatable bonds is 6. The standard InChI is InChI=1S/C24H22ClFN4OS/c25-24-18(4-3-11-27-24)16-28-21-5-1-2-6-22(21)32-17-23(31)30-14-12-29(13-15-30)20-9-7-19(26)8-10-20/h1-11,16H,12-15,17H2. The molecule has 0 bridgehead atoms. The first kappa shape index (κ1) is 22.3. The molecule has 2 aromatic carbocycles. The van der Waals surface area contributed by atoms with E-state index in [0.717, 1.165) is 34.9 Å². The lowest BCUT2D eigenvalue weighted by Crippen LogP contribution is -2.49. The predicted molar refractivity (Wildman–Crippen MR) is 129 cm³/mol. The second-order valence-electron chi connectivity index (χ2n) is 7.24. The first-order valence-corrected chi connectivity index (χ1v) is 11.6. The minimum Gasteiger partial charge on any atom is -0.368 e. The van der Waals surface area contributed by atoms with Crippen molar-refractivity contribution < 1.29 is 9.18 Å². The Morgan fingerprint density at radius 2 is 1.81 bits per heavy atom. The summed E-state index contributed by atoms with van der Waals surface area (Å²) in [4.78, 5) is 26.4. The molecule has 32 heavy (non-hydrogen) atoms. The lowest BCUT2D eigenvalue weighted by Gasteiger charge is -2.36. The highest BCUT2D eigenvalue weighted by Crippen LogP contribution is 2.30. The number of aromatic nitrogens is 1. The third kappa shape index (κ3) is 5.66. The van der Waals surface area contributed by atoms with Crippen LogP contribution in [0, 0.1) is 5.82 Å². The van der Waals surface area contributed by atoms with Crippen molar-refractivity contribution in [2.45, 2.75) is 4.90 Å². The molecule has 4 rings (SSSR count). The number of pyridine rings is 1. The molecule has 5 nitrogen and oxygen atoms in total. The van der Waals surface area contributed by atoms with E-state index in [1.54, 1.807) is 24.5 Å². The summed E-state index contributed by atoms with van der Waals surface area (Å²) < 4.78 is 13.1. The highest BCUT2D eigenvalue weighted by molar-refractivity contribution is 8.00. The first-order valence-electron chi connectivity index (χ1n) is 10.2. The van der Waals surface area contributed by atoms with Gasteiger partial charge in [0, 0.05) is 54.7 Å². The molecule has 0 atom stereocenters. The number of amides is 1. The van der Waals surface area contributed by atoms with Crippen LogP contribution < -0.4 is 4.90 Å². The monoisotopic (exact) mass is 468 g/mol. The molecule has 8 heteroatoms. The number of hydrogen-bond acceptors (Lipinski definition) is 5. The minimum atomic E-state index is -0.243. The lowest BCUT2D eigenvalue weighted by molar-refractivity contribution is -0.128. The number of hydrogen-bond donors (Lipinski definition) is 0. The fourth-order valence-corrected chi connectivity index (χ4v) is 4.49. The van der Waals surface area contributed by atoms with Crippen molar-refractivity contribution in [3.8, 4) is 0 Å². The van der Waals surface area contributed by atoms with Gasteiger partial charge in [-0.3, -0.25) is 9.79 Å². The summed E-state index contributed by atoms with van der Waals surface area (Å²) in [7, 11) is 0. The Labute approximate surface area is 195 Å². The van der Waals surface area contributed by atoms with Crippen LogP contribution in [0.3, 0.4) is 0 Å². The SMILES string of the molecule is O=C(CSc1ccccc1N=Cc1cccnc1Cl)N1CCN(c2ccc(F)cc2)CC1. The highest BCUT2D eigenvalue weighted by Gasteiger charge is 2.21. The maximum atomic E-state index is 13.1. The molecular weight excluding hydrogens is 447 g/mol. The fraction of sp³-hybridized carbons (Fsp3) is 0.208. The van der Waals surface area contributed by atoms with E-state index in [1.165, 1.54) is 23.9 Å². The molecule has 1 amide bonds. The summed E-state index contributed by atoms with van der Waals surface area (Å²) in [6, 6.07) is 17.9. The molecular formula is C24H22ClFN4OS. The molecule has 0 aliphatic carbocycles. The molecule has 1 fully saturated rings. The average Bonchev–Trinajstić information content (AvgIpc) is 2.83. The summed E-state index contributed by atoms with van der Waals surface area (Å²) in [5, 5.41) is 0.399. The Morgan fingerprint density at radius 3 is 2.56 bits per heavy atom. The fourth-order valence-electron chi connectivity index (χ4n) is 3.42. The van der Waals surface area contributed by atoms with Crippen LogP contribution in [0.15, 0.2) is 76.7 Å². The second-order valence-corrected chi connectivity index (χ2v) is 8.62. The zero-order chi connectivity index (χ0) is 22.3. The first-order chi connectivity index (χ1) is 15.6. The zero-order valence-corrected chi connectivity index (χ0v) is 18.9. The summed E-state index contributed by atoms with van der Waals surface area (Å²) >= 11 is 7.58. The zero-order valence-electron chi connectivity index (χ0n) is 17.3. The Bertz CT molecular complexity index is 1100. The number of thioether (sulfide) groups is 1. The van der Waals surface area contributed by atoms with Gasteiger partial charge in [0.15, 0.2) is 0 Å². The van der Waals surface area contributed by atoms with Crippen LogP contribution in [0.2, 0.25) is 5.15 Å². The number of para-hydroxylation sites is 1.